The highest BCUT2D eigenvalue weighted by atomic mass is 35.5. The third-order valence-electron chi connectivity index (χ3n) is 6.73. The lowest BCUT2D eigenvalue weighted by Gasteiger charge is -2.56. The first-order valence-electron chi connectivity index (χ1n) is 10.6. The van der Waals surface area contributed by atoms with Gasteiger partial charge in [0.1, 0.15) is 5.75 Å². The summed E-state index contributed by atoms with van der Waals surface area (Å²) in [5.41, 5.74) is 6.33. The minimum Gasteiger partial charge on any atom is -0.493 e. The Kier molecular flexibility index (Phi) is 8.05. The molecule has 7 heteroatoms. The zero-order chi connectivity index (χ0) is 19.6. The predicted octanol–water partition coefficient (Wildman–Crippen LogP) is 4.78. The van der Waals surface area contributed by atoms with Crippen LogP contribution in [0.5, 0.6) is 5.75 Å². The molecule has 4 aliphatic carbocycles. The van der Waals surface area contributed by atoms with E-state index in [1.807, 2.05) is 6.07 Å². The van der Waals surface area contributed by atoms with Crippen molar-refractivity contribution in [2.75, 3.05) is 31.2 Å². The molecular formula is C22H32Cl2N2O2S. The molecule has 0 radical (unpaired) electrons. The van der Waals surface area contributed by atoms with Crippen molar-refractivity contribution in [1.29, 1.82) is 0 Å². The van der Waals surface area contributed by atoms with Gasteiger partial charge in [-0.25, -0.2) is 0 Å². The van der Waals surface area contributed by atoms with Crippen LogP contribution >= 0.6 is 35.8 Å². The molecule has 4 bridgehead atoms. The Morgan fingerprint density at radius 3 is 2.45 bits per heavy atom. The fourth-order valence-electron chi connectivity index (χ4n) is 6.04. The van der Waals surface area contributed by atoms with Crippen molar-refractivity contribution < 1.29 is 9.53 Å². The Morgan fingerprint density at radius 1 is 1.17 bits per heavy atom. The molecular weight excluding hydrogens is 427 g/mol. The standard InChI is InChI=1S/C22H31ClN2O2S.ClH/c23-20-2-1-18(27-4-6-28-5-3-24)10-19(20)21(26)25-14-22-11-15-7-16(12-22)9-17(8-15)13-22;/h1-2,10,15-17H,3-9,11-14,24H2,(H,25,26);1H. The average Bonchev–Trinajstić information content (AvgIpc) is 2.66. The Bertz CT molecular complexity index is 681. The zero-order valence-electron chi connectivity index (χ0n) is 16.8. The van der Waals surface area contributed by atoms with Gasteiger partial charge in [-0.2, -0.15) is 11.8 Å². The molecule has 0 unspecified atom stereocenters. The van der Waals surface area contributed by atoms with E-state index < -0.39 is 0 Å². The van der Waals surface area contributed by atoms with Crippen molar-refractivity contribution in [3.63, 3.8) is 0 Å². The fraction of sp³-hybridized carbons (Fsp3) is 0.682. The van der Waals surface area contributed by atoms with Gasteiger partial charge in [0.15, 0.2) is 0 Å². The van der Waals surface area contributed by atoms with Crippen molar-refractivity contribution in [3.05, 3.63) is 28.8 Å². The highest BCUT2D eigenvalue weighted by molar-refractivity contribution is 7.99. The van der Waals surface area contributed by atoms with Crippen LogP contribution in [-0.2, 0) is 0 Å². The van der Waals surface area contributed by atoms with Gasteiger partial charge in [0.05, 0.1) is 17.2 Å². The van der Waals surface area contributed by atoms with Crippen molar-refractivity contribution in [2.24, 2.45) is 28.9 Å². The molecule has 3 N–H and O–H groups in total. The van der Waals surface area contributed by atoms with Crippen LogP contribution in [0.25, 0.3) is 0 Å². The number of benzene rings is 1. The second kappa shape index (κ2) is 10.1. The summed E-state index contributed by atoms with van der Waals surface area (Å²) in [4.78, 5) is 12.9. The van der Waals surface area contributed by atoms with Crippen LogP contribution in [0.3, 0.4) is 0 Å². The number of carbonyl (C=O) groups is 1. The smallest absolute Gasteiger partial charge is 0.252 e. The van der Waals surface area contributed by atoms with Crippen molar-refractivity contribution >= 4 is 41.7 Å². The highest BCUT2D eigenvalue weighted by Gasteiger charge is 2.50. The minimum atomic E-state index is -0.0799. The number of hydrogen-bond acceptors (Lipinski definition) is 4. The summed E-state index contributed by atoms with van der Waals surface area (Å²) >= 11 is 8.08. The number of hydrogen-bond donors (Lipinski definition) is 2. The molecule has 162 valence electrons. The molecule has 0 aliphatic heterocycles. The molecule has 1 aromatic rings. The Labute approximate surface area is 189 Å². The van der Waals surface area contributed by atoms with Crippen LogP contribution < -0.4 is 15.8 Å². The largest absolute Gasteiger partial charge is 0.493 e. The normalized spacial score (nSPS) is 29.4. The van der Waals surface area contributed by atoms with Gasteiger partial charge < -0.3 is 15.8 Å². The van der Waals surface area contributed by atoms with E-state index in [0.717, 1.165) is 35.8 Å². The van der Waals surface area contributed by atoms with Gasteiger partial charge >= 0.3 is 0 Å². The van der Waals surface area contributed by atoms with Gasteiger partial charge in [0.25, 0.3) is 5.91 Å². The maximum absolute atomic E-state index is 12.9. The van der Waals surface area contributed by atoms with Crippen LogP contribution in [-0.4, -0.2) is 37.1 Å². The molecule has 0 atom stereocenters. The van der Waals surface area contributed by atoms with Crippen molar-refractivity contribution in [3.8, 4) is 5.75 Å². The third-order valence-corrected chi connectivity index (χ3v) is 8.04. The maximum atomic E-state index is 12.9. The Hall–Kier alpha value is -0.620. The first-order chi connectivity index (χ1) is 13.6. The number of rotatable bonds is 9. The maximum Gasteiger partial charge on any atom is 0.252 e. The van der Waals surface area contributed by atoms with Crippen LogP contribution in [0.15, 0.2) is 18.2 Å². The van der Waals surface area contributed by atoms with Crippen molar-refractivity contribution in [1.82, 2.24) is 5.32 Å². The summed E-state index contributed by atoms with van der Waals surface area (Å²) in [7, 11) is 0. The molecule has 4 saturated carbocycles. The van der Waals surface area contributed by atoms with Crippen LogP contribution in [0.4, 0.5) is 0 Å². The van der Waals surface area contributed by atoms with E-state index in [1.54, 1.807) is 23.9 Å². The number of halogens is 2. The quantitative estimate of drug-likeness (QED) is 0.522. The summed E-state index contributed by atoms with van der Waals surface area (Å²) in [6.07, 6.45) is 8.12. The Balaban J connectivity index is 0.00000240. The van der Waals surface area contributed by atoms with Gasteiger partial charge in [-0.3, -0.25) is 4.79 Å². The summed E-state index contributed by atoms with van der Waals surface area (Å²) in [6.45, 7) is 2.06. The lowest BCUT2D eigenvalue weighted by molar-refractivity contribution is -0.0503. The fourth-order valence-corrected chi connectivity index (χ4v) is 6.82. The lowest BCUT2D eigenvalue weighted by Crippen LogP contribution is -2.51. The number of amides is 1. The molecule has 0 aromatic heterocycles. The Morgan fingerprint density at radius 2 is 1.83 bits per heavy atom. The number of thioether (sulfide) groups is 1. The predicted molar refractivity (Wildman–Crippen MR) is 124 cm³/mol. The molecule has 4 fully saturated rings. The SMILES string of the molecule is Cl.NCCSCCOc1ccc(Cl)c(C(=O)NCC23CC4CC(CC(C4)C2)C3)c1. The molecule has 1 amide bonds. The van der Waals surface area contributed by atoms with Crippen LogP contribution in [0.2, 0.25) is 5.02 Å². The monoisotopic (exact) mass is 458 g/mol. The van der Waals surface area contributed by atoms with Crippen LogP contribution in [0, 0.1) is 23.2 Å². The number of nitrogens with one attached hydrogen (secondary N) is 1. The third kappa shape index (κ3) is 5.55. The number of carbonyl (C=O) groups excluding carboxylic acids is 1. The first kappa shape index (κ1) is 23.1. The molecule has 0 heterocycles. The summed E-state index contributed by atoms with van der Waals surface area (Å²) < 4.78 is 5.78. The second-order valence-electron chi connectivity index (χ2n) is 8.99. The molecule has 0 saturated heterocycles. The van der Waals surface area contributed by atoms with E-state index in [4.69, 9.17) is 22.1 Å². The van der Waals surface area contributed by atoms with Gasteiger partial charge in [0.2, 0.25) is 0 Å². The van der Waals surface area contributed by atoms with E-state index in [2.05, 4.69) is 5.32 Å². The van der Waals surface area contributed by atoms with Gasteiger partial charge in [-0.1, -0.05) is 11.6 Å². The second-order valence-corrected chi connectivity index (χ2v) is 10.6. The van der Waals surface area contributed by atoms with E-state index >= 15 is 0 Å². The number of nitrogens with two attached hydrogens (primary N) is 1. The van der Waals surface area contributed by atoms with E-state index in [9.17, 15) is 4.79 Å². The summed E-state index contributed by atoms with van der Waals surface area (Å²) in [6, 6.07) is 5.35. The van der Waals surface area contributed by atoms with E-state index in [0.29, 0.717) is 34.9 Å². The minimum absolute atomic E-state index is 0. The molecule has 4 nitrogen and oxygen atoms in total. The van der Waals surface area contributed by atoms with E-state index in [1.165, 1.54) is 38.5 Å². The van der Waals surface area contributed by atoms with Crippen molar-refractivity contribution in [2.45, 2.75) is 38.5 Å². The highest BCUT2D eigenvalue weighted by Crippen LogP contribution is 2.59. The molecule has 0 spiro atoms. The topological polar surface area (TPSA) is 64.3 Å². The molecule has 29 heavy (non-hydrogen) atoms. The zero-order valence-corrected chi connectivity index (χ0v) is 19.2. The first-order valence-corrected chi connectivity index (χ1v) is 12.1. The molecule has 4 aliphatic rings. The molecule has 5 rings (SSSR count). The number of ether oxygens (including phenoxy) is 1. The summed E-state index contributed by atoms with van der Waals surface area (Å²) in [5.74, 6) is 5.10. The van der Waals surface area contributed by atoms with Gasteiger partial charge in [-0.15, -0.1) is 12.4 Å². The van der Waals surface area contributed by atoms with E-state index in [-0.39, 0.29) is 18.3 Å². The van der Waals surface area contributed by atoms with Gasteiger partial charge in [-0.05, 0) is 79.9 Å². The summed E-state index contributed by atoms with van der Waals surface area (Å²) in [5, 5.41) is 3.69. The molecule has 1 aromatic carbocycles. The lowest BCUT2D eigenvalue weighted by atomic mass is 9.49. The van der Waals surface area contributed by atoms with Gasteiger partial charge in [0, 0.05) is 24.6 Å². The van der Waals surface area contributed by atoms with Crippen LogP contribution in [0.1, 0.15) is 48.9 Å². The average molecular weight is 459 g/mol.